The molecule has 18 heavy (non-hydrogen) atoms. The maximum Gasteiger partial charge on any atom is 0.140 e. The lowest BCUT2D eigenvalue weighted by atomic mass is 10.2. The van der Waals surface area contributed by atoms with Gasteiger partial charge in [0.25, 0.3) is 0 Å². The summed E-state index contributed by atoms with van der Waals surface area (Å²) in [6.45, 7) is 2.61. The summed E-state index contributed by atoms with van der Waals surface area (Å²) < 4.78 is 0. The predicted octanol–water partition coefficient (Wildman–Crippen LogP) is 3.53. The fourth-order valence-corrected chi connectivity index (χ4v) is 1.82. The van der Waals surface area contributed by atoms with Crippen LogP contribution in [0.3, 0.4) is 0 Å². The first-order chi connectivity index (χ1) is 8.70. The molecular weight excluding hydrogens is 246 g/mol. The normalized spacial score (nSPS) is 9.83. The Hall–Kier alpha value is -2.05. The number of halogens is 1. The molecule has 2 rings (SSSR count). The zero-order valence-electron chi connectivity index (χ0n) is 9.94. The van der Waals surface area contributed by atoms with Gasteiger partial charge in [-0.3, -0.25) is 0 Å². The van der Waals surface area contributed by atoms with E-state index in [2.05, 4.69) is 10.3 Å². The summed E-state index contributed by atoms with van der Waals surface area (Å²) >= 11 is 6.05. The average Bonchev–Trinajstić information content (AvgIpc) is 2.41. The Morgan fingerprint density at radius 3 is 3.00 bits per heavy atom. The highest BCUT2D eigenvalue weighted by atomic mass is 35.5. The van der Waals surface area contributed by atoms with E-state index < -0.39 is 0 Å². The van der Waals surface area contributed by atoms with Crippen LogP contribution in [0.1, 0.15) is 16.8 Å². The number of nitrogens with one attached hydrogen (secondary N) is 1. The minimum atomic E-state index is 0.428. The molecule has 0 unspecified atom stereocenters. The molecule has 3 nitrogen and oxygen atoms in total. The number of hydrogen-bond acceptors (Lipinski definition) is 3. The standard InChI is InChI=1S/C14H12ClN3/c1-10-13(15)3-2-4-14(10)18-9-11-5-6-17-12(7-11)8-16/h2-7,18H,9H2,1H3. The molecule has 1 heterocycles. The van der Waals surface area contributed by atoms with Crippen LogP contribution in [-0.2, 0) is 6.54 Å². The molecule has 2 aromatic rings. The molecular formula is C14H12ClN3. The molecule has 0 spiro atoms. The lowest BCUT2D eigenvalue weighted by molar-refractivity contribution is 1.11. The highest BCUT2D eigenvalue weighted by molar-refractivity contribution is 6.31. The van der Waals surface area contributed by atoms with Crippen molar-refractivity contribution in [3.63, 3.8) is 0 Å². The van der Waals surface area contributed by atoms with Gasteiger partial charge >= 0.3 is 0 Å². The van der Waals surface area contributed by atoms with Crippen LogP contribution in [0, 0.1) is 18.3 Å². The Balaban J connectivity index is 2.12. The van der Waals surface area contributed by atoms with E-state index in [0.717, 1.165) is 21.8 Å². The number of benzene rings is 1. The summed E-state index contributed by atoms with van der Waals surface area (Å²) in [6, 6.07) is 11.4. The van der Waals surface area contributed by atoms with E-state index in [1.165, 1.54) is 0 Å². The third-order valence-electron chi connectivity index (χ3n) is 2.69. The second-order valence-corrected chi connectivity index (χ2v) is 4.33. The maximum atomic E-state index is 8.78. The minimum Gasteiger partial charge on any atom is -0.381 e. The van der Waals surface area contributed by atoms with E-state index in [0.29, 0.717) is 12.2 Å². The van der Waals surface area contributed by atoms with Crippen LogP contribution < -0.4 is 5.32 Å². The lowest BCUT2D eigenvalue weighted by Gasteiger charge is -2.10. The summed E-state index contributed by atoms with van der Waals surface area (Å²) in [5.74, 6) is 0. The van der Waals surface area contributed by atoms with E-state index in [1.54, 1.807) is 12.3 Å². The number of hydrogen-bond donors (Lipinski definition) is 1. The summed E-state index contributed by atoms with van der Waals surface area (Å²) in [5, 5.41) is 12.8. The van der Waals surface area contributed by atoms with Crippen molar-refractivity contribution in [2.75, 3.05) is 5.32 Å². The van der Waals surface area contributed by atoms with Crippen LogP contribution >= 0.6 is 11.6 Å². The van der Waals surface area contributed by atoms with Gasteiger partial charge in [0.15, 0.2) is 0 Å². The Labute approximate surface area is 111 Å². The van der Waals surface area contributed by atoms with E-state index in [9.17, 15) is 0 Å². The largest absolute Gasteiger partial charge is 0.381 e. The molecule has 0 radical (unpaired) electrons. The Morgan fingerprint density at radius 1 is 1.39 bits per heavy atom. The molecule has 0 fully saturated rings. The molecule has 1 N–H and O–H groups in total. The van der Waals surface area contributed by atoms with Crippen LogP contribution in [0.25, 0.3) is 0 Å². The monoisotopic (exact) mass is 257 g/mol. The van der Waals surface area contributed by atoms with Crippen LogP contribution in [-0.4, -0.2) is 4.98 Å². The summed E-state index contributed by atoms with van der Waals surface area (Å²) in [5.41, 5.74) is 3.46. The number of aromatic nitrogens is 1. The summed E-state index contributed by atoms with van der Waals surface area (Å²) in [4.78, 5) is 3.93. The highest BCUT2D eigenvalue weighted by Gasteiger charge is 2.02. The van der Waals surface area contributed by atoms with Crippen molar-refractivity contribution in [2.45, 2.75) is 13.5 Å². The lowest BCUT2D eigenvalue weighted by Crippen LogP contribution is -2.01. The van der Waals surface area contributed by atoms with Gasteiger partial charge in [-0.25, -0.2) is 4.98 Å². The van der Waals surface area contributed by atoms with Crippen LogP contribution in [0.2, 0.25) is 5.02 Å². The number of rotatable bonds is 3. The molecule has 90 valence electrons. The quantitative estimate of drug-likeness (QED) is 0.915. The first-order valence-corrected chi connectivity index (χ1v) is 5.92. The number of anilines is 1. The predicted molar refractivity (Wildman–Crippen MR) is 72.5 cm³/mol. The Morgan fingerprint density at radius 2 is 2.22 bits per heavy atom. The second kappa shape index (κ2) is 5.52. The summed E-state index contributed by atoms with van der Waals surface area (Å²) in [7, 11) is 0. The van der Waals surface area contributed by atoms with Crippen molar-refractivity contribution < 1.29 is 0 Å². The van der Waals surface area contributed by atoms with Gasteiger partial charge in [0.1, 0.15) is 11.8 Å². The minimum absolute atomic E-state index is 0.428. The third-order valence-corrected chi connectivity index (χ3v) is 3.10. The number of nitrogens with zero attached hydrogens (tertiary/aromatic N) is 2. The van der Waals surface area contributed by atoms with Crippen LogP contribution in [0.5, 0.6) is 0 Å². The van der Waals surface area contributed by atoms with Gasteiger partial charge < -0.3 is 5.32 Å². The van der Waals surface area contributed by atoms with E-state index in [4.69, 9.17) is 16.9 Å². The van der Waals surface area contributed by atoms with Gasteiger partial charge in [-0.05, 0) is 42.3 Å². The van der Waals surface area contributed by atoms with E-state index in [-0.39, 0.29) is 0 Å². The van der Waals surface area contributed by atoms with E-state index >= 15 is 0 Å². The van der Waals surface area contributed by atoms with Gasteiger partial charge in [0.05, 0.1) is 0 Å². The fraction of sp³-hybridized carbons (Fsp3) is 0.143. The Kier molecular flexibility index (Phi) is 3.81. The van der Waals surface area contributed by atoms with Gasteiger partial charge in [0.2, 0.25) is 0 Å². The fourth-order valence-electron chi connectivity index (χ4n) is 1.64. The van der Waals surface area contributed by atoms with Crippen molar-refractivity contribution in [1.29, 1.82) is 5.26 Å². The molecule has 0 saturated carbocycles. The number of pyridine rings is 1. The first-order valence-electron chi connectivity index (χ1n) is 5.54. The van der Waals surface area contributed by atoms with Crippen molar-refractivity contribution >= 4 is 17.3 Å². The van der Waals surface area contributed by atoms with Gasteiger partial charge in [-0.15, -0.1) is 0 Å². The SMILES string of the molecule is Cc1c(Cl)cccc1NCc1ccnc(C#N)c1. The third kappa shape index (κ3) is 2.79. The average molecular weight is 258 g/mol. The van der Waals surface area contributed by atoms with Crippen molar-refractivity contribution in [3.8, 4) is 6.07 Å². The Bertz CT molecular complexity index is 602. The zero-order chi connectivity index (χ0) is 13.0. The molecule has 1 aromatic carbocycles. The van der Waals surface area contributed by atoms with Crippen molar-refractivity contribution in [3.05, 3.63) is 58.4 Å². The number of nitriles is 1. The molecule has 0 aliphatic carbocycles. The zero-order valence-corrected chi connectivity index (χ0v) is 10.7. The molecule has 0 atom stereocenters. The molecule has 0 aliphatic heterocycles. The molecule has 0 saturated heterocycles. The van der Waals surface area contributed by atoms with Crippen molar-refractivity contribution in [2.24, 2.45) is 0 Å². The smallest absolute Gasteiger partial charge is 0.140 e. The summed E-state index contributed by atoms with van der Waals surface area (Å²) in [6.07, 6.45) is 1.64. The molecule has 0 aliphatic rings. The van der Waals surface area contributed by atoms with Gasteiger partial charge in [0, 0.05) is 23.5 Å². The van der Waals surface area contributed by atoms with E-state index in [1.807, 2.05) is 37.3 Å². The van der Waals surface area contributed by atoms with Gasteiger partial charge in [-0.1, -0.05) is 17.7 Å². The van der Waals surface area contributed by atoms with Gasteiger partial charge in [-0.2, -0.15) is 5.26 Å². The van der Waals surface area contributed by atoms with Crippen molar-refractivity contribution in [1.82, 2.24) is 4.98 Å². The molecule has 4 heteroatoms. The van der Waals surface area contributed by atoms with Crippen LogP contribution in [0.4, 0.5) is 5.69 Å². The van der Waals surface area contributed by atoms with Crippen LogP contribution in [0.15, 0.2) is 36.5 Å². The molecule has 0 amide bonds. The maximum absolute atomic E-state index is 8.78. The first kappa shape index (κ1) is 12.4. The molecule has 0 bridgehead atoms. The topological polar surface area (TPSA) is 48.7 Å². The highest BCUT2D eigenvalue weighted by Crippen LogP contribution is 2.23. The molecule has 1 aromatic heterocycles. The second-order valence-electron chi connectivity index (χ2n) is 3.93.